The van der Waals surface area contributed by atoms with Gasteiger partial charge in [-0.3, -0.25) is 0 Å². The van der Waals surface area contributed by atoms with Gasteiger partial charge in [-0.25, -0.2) is 9.59 Å². The minimum Gasteiger partial charge on any atom is -0.480 e. The third-order valence-electron chi connectivity index (χ3n) is 2.65. The Balaban J connectivity index is 2.59. The monoisotopic (exact) mass is 246 g/mol. The number of nitrogens with one attached hydrogen (secondary N) is 1. The maximum Gasteiger partial charge on any atom is 0.328 e. The van der Waals surface area contributed by atoms with Gasteiger partial charge in [0, 0.05) is 6.54 Å². The van der Waals surface area contributed by atoms with E-state index >= 15 is 0 Å². The van der Waals surface area contributed by atoms with Crippen LogP contribution in [0.2, 0.25) is 0 Å². The lowest BCUT2D eigenvalue weighted by Crippen LogP contribution is -2.57. The number of urea groups is 1. The molecule has 0 aromatic carbocycles. The van der Waals surface area contributed by atoms with Gasteiger partial charge in [0.1, 0.15) is 0 Å². The SMILES string of the molecule is CC1CN(C(=O)N[C@H](CO)C(=O)O)C(C)CO1. The molecular formula is C10H18N2O5. The number of amides is 2. The van der Waals surface area contributed by atoms with Gasteiger partial charge in [-0.15, -0.1) is 0 Å². The lowest BCUT2D eigenvalue weighted by Gasteiger charge is -2.37. The van der Waals surface area contributed by atoms with Crippen LogP contribution in [0.4, 0.5) is 4.79 Å². The Morgan fingerprint density at radius 2 is 2.18 bits per heavy atom. The summed E-state index contributed by atoms with van der Waals surface area (Å²) in [5.41, 5.74) is 0. The van der Waals surface area contributed by atoms with Crippen molar-refractivity contribution in [2.24, 2.45) is 0 Å². The number of hydrogen-bond acceptors (Lipinski definition) is 4. The quantitative estimate of drug-likeness (QED) is 0.608. The standard InChI is InChI=1S/C10H18N2O5/c1-6-5-17-7(2)3-12(6)10(16)11-8(4-13)9(14)15/h6-8,13H,3-5H2,1-2H3,(H,11,16)(H,14,15)/t6?,7?,8-/m1/s1. The van der Waals surface area contributed by atoms with Crippen LogP contribution in [-0.2, 0) is 9.53 Å². The van der Waals surface area contributed by atoms with E-state index in [1.807, 2.05) is 13.8 Å². The van der Waals surface area contributed by atoms with Crippen LogP contribution in [0.15, 0.2) is 0 Å². The molecule has 0 bridgehead atoms. The van der Waals surface area contributed by atoms with Crippen LogP contribution in [0.25, 0.3) is 0 Å². The molecule has 1 rings (SSSR count). The van der Waals surface area contributed by atoms with E-state index < -0.39 is 24.6 Å². The van der Waals surface area contributed by atoms with E-state index in [2.05, 4.69) is 5.32 Å². The molecule has 1 heterocycles. The topological polar surface area (TPSA) is 99.1 Å². The zero-order valence-corrected chi connectivity index (χ0v) is 9.92. The van der Waals surface area contributed by atoms with E-state index in [0.717, 1.165) is 0 Å². The van der Waals surface area contributed by atoms with Crippen molar-refractivity contribution in [1.29, 1.82) is 0 Å². The minimum absolute atomic E-state index is 0.0747. The van der Waals surface area contributed by atoms with E-state index in [-0.39, 0.29) is 12.1 Å². The second kappa shape index (κ2) is 5.83. The molecule has 3 atom stereocenters. The molecule has 0 aromatic rings. The van der Waals surface area contributed by atoms with Crippen LogP contribution in [0.5, 0.6) is 0 Å². The first kappa shape index (κ1) is 13.7. The van der Waals surface area contributed by atoms with Gasteiger partial charge in [0.15, 0.2) is 6.04 Å². The number of aliphatic hydroxyl groups is 1. The Morgan fingerprint density at radius 1 is 1.53 bits per heavy atom. The molecule has 0 saturated carbocycles. The van der Waals surface area contributed by atoms with Crippen molar-refractivity contribution in [3.63, 3.8) is 0 Å². The second-order valence-electron chi connectivity index (χ2n) is 4.17. The maximum atomic E-state index is 11.8. The number of aliphatic carboxylic acids is 1. The van der Waals surface area contributed by atoms with Crippen LogP contribution in [0.3, 0.4) is 0 Å². The summed E-state index contributed by atoms with van der Waals surface area (Å²) in [5.74, 6) is -1.25. The fourth-order valence-corrected chi connectivity index (χ4v) is 1.60. The van der Waals surface area contributed by atoms with Gasteiger partial charge in [-0.05, 0) is 13.8 Å². The first-order valence-electron chi connectivity index (χ1n) is 5.48. The second-order valence-corrected chi connectivity index (χ2v) is 4.17. The van der Waals surface area contributed by atoms with E-state index in [1.165, 1.54) is 4.90 Å². The summed E-state index contributed by atoms with van der Waals surface area (Å²) in [6.07, 6.45) is -0.0747. The lowest BCUT2D eigenvalue weighted by atomic mass is 10.2. The number of carboxylic acid groups (broad SMARTS) is 1. The number of ether oxygens (including phenoxy) is 1. The summed E-state index contributed by atoms with van der Waals surface area (Å²) in [6, 6.07) is -1.87. The molecule has 1 aliphatic rings. The van der Waals surface area contributed by atoms with Crippen LogP contribution in [0, 0.1) is 0 Å². The van der Waals surface area contributed by atoms with Crippen LogP contribution in [0.1, 0.15) is 13.8 Å². The number of hydrogen-bond donors (Lipinski definition) is 3. The third kappa shape index (κ3) is 3.57. The summed E-state index contributed by atoms with van der Waals surface area (Å²) >= 11 is 0. The average molecular weight is 246 g/mol. The molecule has 98 valence electrons. The van der Waals surface area contributed by atoms with Gasteiger partial charge in [-0.1, -0.05) is 0 Å². The van der Waals surface area contributed by atoms with Gasteiger partial charge in [0.25, 0.3) is 0 Å². The Hall–Kier alpha value is -1.34. The lowest BCUT2D eigenvalue weighted by molar-refractivity contribution is -0.140. The molecule has 17 heavy (non-hydrogen) atoms. The van der Waals surface area contributed by atoms with Crippen molar-refractivity contribution in [3.8, 4) is 0 Å². The zero-order chi connectivity index (χ0) is 13.0. The van der Waals surface area contributed by atoms with Gasteiger partial charge in [0.2, 0.25) is 0 Å². The predicted octanol–water partition coefficient (Wildman–Crippen LogP) is -0.749. The van der Waals surface area contributed by atoms with Crippen LogP contribution >= 0.6 is 0 Å². The number of carbonyl (C=O) groups excluding carboxylic acids is 1. The summed E-state index contributed by atoms with van der Waals surface area (Å²) in [6.45, 7) is 3.86. The Kier molecular flexibility index (Phi) is 4.71. The molecule has 0 aromatic heterocycles. The molecule has 7 nitrogen and oxygen atoms in total. The van der Waals surface area contributed by atoms with Crippen molar-refractivity contribution >= 4 is 12.0 Å². The van der Waals surface area contributed by atoms with Gasteiger partial charge < -0.3 is 25.2 Å². The van der Waals surface area contributed by atoms with Crippen molar-refractivity contribution in [2.75, 3.05) is 19.8 Å². The number of rotatable bonds is 3. The number of carbonyl (C=O) groups is 2. The first-order chi connectivity index (χ1) is 7.95. The number of nitrogens with zero attached hydrogens (tertiary/aromatic N) is 1. The molecule has 1 saturated heterocycles. The molecule has 0 spiro atoms. The van der Waals surface area contributed by atoms with E-state index in [0.29, 0.717) is 13.2 Å². The average Bonchev–Trinajstić information content (AvgIpc) is 2.28. The van der Waals surface area contributed by atoms with E-state index in [4.69, 9.17) is 14.9 Å². The Labute approximate surface area is 99.4 Å². The predicted molar refractivity (Wildman–Crippen MR) is 58.6 cm³/mol. The van der Waals surface area contributed by atoms with E-state index in [9.17, 15) is 9.59 Å². The summed E-state index contributed by atoms with van der Waals surface area (Å²) in [4.78, 5) is 24.0. The van der Waals surface area contributed by atoms with Crippen molar-refractivity contribution < 1.29 is 24.5 Å². The molecule has 0 aliphatic carbocycles. The zero-order valence-electron chi connectivity index (χ0n) is 9.92. The van der Waals surface area contributed by atoms with Gasteiger partial charge in [0.05, 0.1) is 25.4 Å². The highest BCUT2D eigenvalue weighted by molar-refractivity contribution is 5.82. The van der Waals surface area contributed by atoms with Crippen LogP contribution in [-0.4, -0.2) is 65.1 Å². The molecule has 0 radical (unpaired) electrons. The molecule has 2 unspecified atom stereocenters. The smallest absolute Gasteiger partial charge is 0.328 e. The molecular weight excluding hydrogens is 228 g/mol. The Morgan fingerprint density at radius 3 is 2.71 bits per heavy atom. The number of morpholine rings is 1. The third-order valence-corrected chi connectivity index (χ3v) is 2.65. The van der Waals surface area contributed by atoms with Gasteiger partial charge >= 0.3 is 12.0 Å². The fourth-order valence-electron chi connectivity index (χ4n) is 1.60. The number of carboxylic acids is 1. The van der Waals surface area contributed by atoms with Crippen LogP contribution < -0.4 is 5.32 Å². The number of aliphatic hydroxyl groups excluding tert-OH is 1. The highest BCUT2D eigenvalue weighted by Gasteiger charge is 2.29. The van der Waals surface area contributed by atoms with Gasteiger partial charge in [-0.2, -0.15) is 0 Å². The normalized spacial score (nSPS) is 26.4. The summed E-state index contributed by atoms with van der Waals surface area (Å²) < 4.78 is 5.36. The van der Waals surface area contributed by atoms with Crippen molar-refractivity contribution in [1.82, 2.24) is 10.2 Å². The fraction of sp³-hybridized carbons (Fsp3) is 0.800. The highest BCUT2D eigenvalue weighted by Crippen LogP contribution is 2.11. The largest absolute Gasteiger partial charge is 0.480 e. The highest BCUT2D eigenvalue weighted by atomic mass is 16.5. The molecule has 3 N–H and O–H groups in total. The van der Waals surface area contributed by atoms with Crippen molar-refractivity contribution in [3.05, 3.63) is 0 Å². The maximum absolute atomic E-state index is 11.8. The molecule has 7 heteroatoms. The Bertz CT molecular complexity index is 296. The summed E-state index contributed by atoms with van der Waals surface area (Å²) in [7, 11) is 0. The molecule has 1 fully saturated rings. The minimum atomic E-state index is -1.27. The first-order valence-corrected chi connectivity index (χ1v) is 5.48. The molecule has 2 amide bonds. The van der Waals surface area contributed by atoms with E-state index in [1.54, 1.807) is 0 Å². The molecule has 1 aliphatic heterocycles. The van der Waals surface area contributed by atoms with Crippen molar-refractivity contribution in [2.45, 2.75) is 32.0 Å². The summed E-state index contributed by atoms with van der Waals surface area (Å²) in [5, 5.41) is 19.8.